The fourth-order valence-corrected chi connectivity index (χ4v) is 3.64. The molecule has 3 rings (SSSR count). The molecule has 0 radical (unpaired) electrons. The van der Waals surface area contributed by atoms with Crippen LogP contribution in [0, 0.1) is 0 Å². The molecule has 0 saturated carbocycles. The first-order chi connectivity index (χ1) is 12.1. The molecule has 2 amide bonds. The van der Waals surface area contributed by atoms with Gasteiger partial charge in [0, 0.05) is 26.1 Å². The highest BCUT2D eigenvalue weighted by molar-refractivity contribution is 7.99. The maximum Gasteiger partial charge on any atom is 0.233 e. The van der Waals surface area contributed by atoms with Crippen molar-refractivity contribution in [2.75, 3.05) is 18.8 Å². The Morgan fingerprint density at radius 1 is 1.24 bits per heavy atom. The molecule has 2 aromatic heterocycles. The van der Waals surface area contributed by atoms with Crippen molar-refractivity contribution in [3.63, 3.8) is 0 Å². The molecule has 0 atom stereocenters. The Labute approximate surface area is 149 Å². The van der Waals surface area contributed by atoms with Gasteiger partial charge < -0.3 is 15.1 Å². The molecule has 1 aliphatic heterocycles. The first kappa shape index (κ1) is 17.5. The van der Waals surface area contributed by atoms with Crippen LogP contribution in [0.2, 0.25) is 0 Å². The van der Waals surface area contributed by atoms with Crippen LogP contribution < -0.4 is 5.73 Å². The molecule has 0 unspecified atom stereocenters. The Balaban J connectivity index is 1.71. The van der Waals surface area contributed by atoms with Crippen molar-refractivity contribution in [3.8, 4) is 11.6 Å². The summed E-state index contributed by atoms with van der Waals surface area (Å²) in [5.74, 6) is 1.09. The number of rotatable bonds is 7. The lowest BCUT2D eigenvalue weighted by atomic mass is 10.1. The molecule has 25 heavy (non-hydrogen) atoms. The molecule has 0 aliphatic carbocycles. The molecule has 0 bridgehead atoms. The van der Waals surface area contributed by atoms with Crippen LogP contribution in [0.1, 0.15) is 25.7 Å². The summed E-state index contributed by atoms with van der Waals surface area (Å²) in [7, 11) is 0. The molecule has 2 N–H and O–H groups in total. The predicted octanol–water partition coefficient (Wildman–Crippen LogP) is 1.52. The van der Waals surface area contributed by atoms with Crippen LogP contribution in [-0.4, -0.2) is 50.3 Å². The second-order valence-corrected chi connectivity index (χ2v) is 6.82. The van der Waals surface area contributed by atoms with Crippen LogP contribution in [0.5, 0.6) is 0 Å². The Morgan fingerprint density at radius 2 is 2.04 bits per heavy atom. The zero-order valence-corrected chi connectivity index (χ0v) is 14.7. The summed E-state index contributed by atoms with van der Waals surface area (Å²) in [6, 6.07) is 3.53. The summed E-state index contributed by atoms with van der Waals surface area (Å²) in [5.41, 5.74) is 5.26. The van der Waals surface area contributed by atoms with Gasteiger partial charge in [0.15, 0.2) is 16.7 Å². The van der Waals surface area contributed by atoms with Gasteiger partial charge in [-0.05, 0) is 31.4 Å². The van der Waals surface area contributed by atoms with Crippen LogP contribution in [-0.2, 0) is 16.1 Å². The SMILES string of the molecule is NC(=O)CCn1c(SCC(=O)N2CCCCC2)nnc1-c1ccco1. The third kappa shape index (κ3) is 4.41. The van der Waals surface area contributed by atoms with E-state index in [-0.39, 0.29) is 12.3 Å². The molecular formula is C16H21N5O3S. The van der Waals surface area contributed by atoms with E-state index in [1.807, 2.05) is 4.90 Å². The average Bonchev–Trinajstić information content (AvgIpc) is 3.27. The van der Waals surface area contributed by atoms with E-state index >= 15 is 0 Å². The largest absolute Gasteiger partial charge is 0.461 e. The van der Waals surface area contributed by atoms with Gasteiger partial charge >= 0.3 is 0 Å². The lowest BCUT2D eigenvalue weighted by Gasteiger charge is -2.26. The van der Waals surface area contributed by atoms with Crippen molar-refractivity contribution in [3.05, 3.63) is 18.4 Å². The Morgan fingerprint density at radius 3 is 2.72 bits per heavy atom. The van der Waals surface area contributed by atoms with Gasteiger partial charge in [-0.1, -0.05) is 11.8 Å². The number of carbonyl (C=O) groups is 2. The van der Waals surface area contributed by atoms with Gasteiger partial charge in [0.1, 0.15) is 0 Å². The Bertz CT molecular complexity index is 722. The average molecular weight is 363 g/mol. The van der Waals surface area contributed by atoms with Gasteiger partial charge in [-0.3, -0.25) is 14.2 Å². The summed E-state index contributed by atoms with van der Waals surface area (Å²) in [6.07, 6.45) is 5.03. The first-order valence-corrected chi connectivity index (χ1v) is 9.29. The normalized spacial score (nSPS) is 14.6. The van der Waals surface area contributed by atoms with E-state index in [1.165, 1.54) is 18.2 Å². The quantitative estimate of drug-likeness (QED) is 0.747. The third-order valence-corrected chi connectivity index (χ3v) is 5.03. The highest BCUT2D eigenvalue weighted by Gasteiger charge is 2.20. The van der Waals surface area contributed by atoms with Crippen molar-refractivity contribution >= 4 is 23.6 Å². The second kappa shape index (κ2) is 8.19. The van der Waals surface area contributed by atoms with E-state index in [0.717, 1.165) is 25.9 Å². The van der Waals surface area contributed by atoms with Crippen molar-refractivity contribution in [1.29, 1.82) is 0 Å². The fraction of sp³-hybridized carbons (Fsp3) is 0.500. The van der Waals surface area contributed by atoms with Crippen LogP contribution in [0.3, 0.4) is 0 Å². The molecular weight excluding hydrogens is 342 g/mol. The minimum absolute atomic E-state index is 0.105. The van der Waals surface area contributed by atoms with Crippen molar-refractivity contribution in [2.24, 2.45) is 5.73 Å². The zero-order valence-electron chi connectivity index (χ0n) is 13.9. The number of aromatic nitrogens is 3. The van der Waals surface area contributed by atoms with Gasteiger partial charge in [0.25, 0.3) is 0 Å². The number of amides is 2. The molecule has 0 spiro atoms. The van der Waals surface area contributed by atoms with Crippen LogP contribution >= 0.6 is 11.8 Å². The van der Waals surface area contributed by atoms with Crippen molar-refractivity contribution < 1.29 is 14.0 Å². The number of thioether (sulfide) groups is 1. The van der Waals surface area contributed by atoms with Crippen LogP contribution in [0.25, 0.3) is 11.6 Å². The highest BCUT2D eigenvalue weighted by Crippen LogP contribution is 2.25. The minimum Gasteiger partial charge on any atom is -0.461 e. The smallest absolute Gasteiger partial charge is 0.233 e. The van der Waals surface area contributed by atoms with E-state index in [2.05, 4.69) is 10.2 Å². The summed E-state index contributed by atoms with van der Waals surface area (Å²) in [5, 5.41) is 8.89. The van der Waals surface area contributed by atoms with E-state index in [0.29, 0.717) is 29.0 Å². The van der Waals surface area contributed by atoms with Crippen molar-refractivity contribution in [1.82, 2.24) is 19.7 Å². The number of hydrogen-bond donors (Lipinski definition) is 1. The molecule has 1 fully saturated rings. The Hall–Kier alpha value is -2.29. The van der Waals surface area contributed by atoms with E-state index < -0.39 is 5.91 Å². The number of nitrogens with two attached hydrogens (primary N) is 1. The first-order valence-electron chi connectivity index (χ1n) is 8.31. The lowest BCUT2D eigenvalue weighted by molar-refractivity contribution is -0.129. The predicted molar refractivity (Wildman–Crippen MR) is 92.7 cm³/mol. The minimum atomic E-state index is -0.403. The second-order valence-electron chi connectivity index (χ2n) is 5.88. The Kier molecular flexibility index (Phi) is 5.75. The van der Waals surface area contributed by atoms with Crippen LogP contribution in [0.15, 0.2) is 28.0 Å². The topological polar surface area (TPSA) is 107 Å². The summed E-state index contributed by atoms with van der Waals surface area (Å²) < 4.78 is 7.15. The molecule has 9 heteroatoms. The number of likely N-dealkylation sites (tertiary alicyclic amines) is 1. The standard InChI is InChI=1S/C16H21N5O3S/c17-13(22)6-9-21-15(12-5-4-10-24-12)18-19-16(21)25-11-14(23)20-7-2-1-3-8-20/h4-5,10H,1-3,6-9,11H2,(H2,17,22). The summed E-state index contributed by atoms with van der Waals surface area (Å²) in [4.78, 5) is 25.4. The number of hydrogen-bond acceptors (Lipinski definition) is 6. The summed E-state index contributed by atoms with van der Waals surface area (Å²) >= 11 is 1.32. The number of primary amides is 1. The lowest BCUT2D eigenvalue weighted by Crippen LogP contribution is -2.36. The van der Waals surface area contributed by atoms with Crippen LogP contribution in [0.4, 0.5) is 0 Å². The molecule has 8 nitrogen and oxygen atoms in total. The zero-order chi connectivity index (χ0) is 17.6. The molecule has 0 aromatic carbocycles. The number of piperidine rings is 1. The van der Waals surface area contributed by atoms with Gasteiger partial charge in [0.05, 0.1) is 12.0 Å². The maximum absolute atomic E-state index is 12.3. The summed E-state index contributed by atoms with van der Waals surface area (Å²) in [6.45, 7) is 2.00. The molecule has 134 valence electrons. The molecule has 2 aromatic rings. The van der Waals surface area contributed by atoms with Gasteiger partial charge in [-0.2, -0.15) is 0 Å². The van der Waals surface area contributed by atoms with Gasteiger partial charge in [-0.25, -0.2) is 0 Å². The molecule has 1 aliphatic rings. The molecule has 1 saturated heterocycles. The van der Waals surface area contributed by atoms with Gasteiger partial charge in [-0.15, -0.1) is 10.2 Å². The highest BCUT2D eigenvalue weighted by atomic mass is 32.2. The third-order valence-electron chi connectivity index (χ3n) is 4.07. The molecule has 3 heterocycles. The van der Waals surface area contributed by atoms with Gasteiger partial charge in [0.2, 0.25) is 11.8 Å². The monoisotopic (exact) mass is 363 g/mol. The maximum atomic E-state index is 12.3. The van der Waals surface area contributed by atoms with E-state index in [9.17, 15) is 9.59 Å². The van der Waals surface area contributed by atoms with Crippen molar-refractivity contribution in [2.45, 2.75) is 37.4 Å². The number of carbonyl (C=O) groups excluding carboxylic acids is 2. The number of furan rings is 1. The number of nitrogens with zero attached hydrogens (tertiary/aromatic N) is 4. The van der Waals surface area contributed by atoms with E-state index in [1.54, 1.807) is 23.0 Å². The van der Waals surface area contributed by atoms with E-state index in [4.69, 9.17) is 10.2 Å². The fourth-order valence-electron chi connectivity index (χ4n) is 2.77.